The lowest BCUT2D eigenvalue weighted by Crippen LogP contribution is -2.05. The number of hydrogen-bond acceptors (Lipinski definition) is 4. The first-order valence-corrected chi connectivity index (χ1v) is 7.87. The van der Waals surface area contributed by atoms with Crippen LogP contribution in [0.1, 0.15) is 30.5 Å². The number of carbonyl (C=O) groups is 1. The second kappa shape index (κ2) is 6.71. The molecule has 0 atom stereocenters. The first kappa shape index (κ1) is 16.0. The van der Waals surface area contributed by atoms with E-state index in [1.807, 2.05) is 69.3 Å². The second-order valence-corrected chi connectivity index (χ2v) is 5.94. The smallest absolute Gasteiger partial charge is 0.363 e. The Balaban J connectivity index is 1.81. The van der Waals surface area contributed by atoms with Gasteiger partial charge in [-0.25, -0.2) is 9.79 Å². The van der Waals surface area contributed by atoms with Crippen LogP contribution in [0.3, 0.4) is 0 Å². The van der Waals surface area contributed by atoms with Crippen molar-refractivity contribution in [2.75, 3.05) is 0 Å². The first-order chi connectivity index (χ1) is 11.5. The van der Waals surface area contributed by atoms with Gasteiger partial charge in [-0.15, -0.1) is 0 Å². The molecule has 4 heteroatoms. The third-order valence-electron chi connectivity index (χ3n) is 3.47. The lowest BCUT2D eigenvalue weighted by Gasteiger charge is -2.09. The summed E-state index contributed by atoms with van der Waals surface area (Å²) < 4.78 is 10.9. The summed E-state index contributed by atoms with van der Waals surface area (Å²) >= 11 is 0. The molecule has 0 amide bonds. The minimum absolute atomic E-state index is 0.126. The van der Waals surface area contributed by atoms with E-state index in [4.69, 9.17) is 9.47 Å². The molecular formula is C20H19NO3. The molecule has 3 rings (SSSR count). The molecule has 4 nitrogen and oxygen atoms in total. The molecule has 1 heterocycles. The van der Waals surface area contributed by atoms with Gasteiger partial charge in [0.2, 0.25) is 5.90 Å². The van der Waals surface area contributed by atoms with Crippen molar-refractivity contribution in [3.05, 3.63) is 70.9 Å². The molecule has 0 saturated heterocycles. The summed E-state index contributed by atoms with van der Waals surface area (Å²) in [5.41, 5.74) is 3.09. The fourth-order valence-corrected chi connectivity index (χ4v) is 2.30. The Labute approximate surface area is 141 Å². The van der Waals surface area contributed by atoms with Crippen molar-refractivity contribution in [1.29, 1.82) is 0 Å². The molecule has 0 aromatic heterocycles. The maximum absolute atomic E-state index is 12.0. The molecule has 0 aliphatic carbocycles. The highest BCUT2D eigenvalue weighted by Crippen LogP contribution is 2.21. The zero-order valence-corrected chi connectivity index (χ0v) is 13.9. The van der Waals surface area contributed by atoms with Crippen molar-refractivity contribution in [2.45, 2.75) is 26.9 Å². The van der Waals surface area contributed by atoms with E-state index in [0.717, 1.165) is 22.4 Å². The van der Waals surface area contributed by atoms with Crippen molar-refractivity contribution in [1.82, 2.24) is 0 Å². The number of carbonyl (C=O) groups excluding carboxylic acids is 1. The Morgan fingerprint density at radius 1 is 1.04 bits per heavy atom. The Kier molecular flexibility index (Phi) is 4.47. The first-order valence-electron chi connectivity index (χ1n) is 7.87. The van der Waals surface area contributed by atoms with Gasteiger partial charge in [0.15, 0.2) is 5.70 Å². The van der Waals surface area contributed by atoms with Gasteiger partial charge in [0, 0.05) is 5.56 Å². The number of esters is 1. The van der Waals surface area contributed by atoms with Crippen LogP contribution in [0.15, 0.2) is 59.2 Å². The van der Waals surface area contributed by atoms with E-state index in [0.29, 0.717) is 11.6 Å². The highest BCUT2D eigenvalue weighted by molar-refractivity contribution is 6.12. The van der Waals surface area contributed by atoms with E-state index in [1.54, 1.807) is 6.08 Å². The van der Waals surface area contributed by atoms with Crippen LogP contribution in [0.2, 0.25) is 0 Å². The highest BCUT2D eigenvalue weighted by atomic mass is 16.6. The standard InChI is InChI=1S/C20H19NO3/c1-13(2)23-17-10-6-15(7-11-17)12-18-20(22)24-19(21-18)16-8-4-14(3)5-9-16/h4-13H,1-3H3/b18-12-. The minimum Gasteiger partial charge on any atom is -0.491 e. The fraction of sp³-hybridized carbons (Fsp3) is 0.200. The Morgan fingerprint density at radius 3 is 2.33 bits per heavy atom. The van der Waals surface area contributed by atoms with Gasteiger partial charge in [0.1, 0.15) is 5.75 Å². The number of benzene rings is 2. The van der Waals surface area contributed by atoms with Gasteiger partial charge in [0.05, 0.1) is 6.10 Å². The number of ether oxygens (including phenoxy) is 2. The molecule has 0 unspecified atom stereocenters. The third kappa shape index (κ3) is 3.71. The van der Waals surface area contributed by atoms with E-state index in [1.165, 1.54) is 0 Å². The van der Waals surface area contributed by atoms with Gasteiger partial charge in [0.25, 0.3) is 0 Å². The number of hydrogen-bond donors (Lipinski definition) is 0. The molecule has 2 aromatic rings. The molecule has 1 aliphatic rings. The average molecular weight is 321 g/mol. The van der Waals surface area contributed by atoms with Gasteiger partial charge in [-0.05, 0) is 56.7 Å². The zero-order valence-electron chi connectivity index (χ0n) is 13.9. The van der Waals surface area contributed by atoms with Crippen molar-refractivity contribution >= 4 is 17.9 Å². The summed E-state index contributed by atoms with van der Waals surface area (Å²) in [6.07, 6.45) is 1.84. The van der Waals surface area contributed by atoms with Gasteiger partial charge >= 0.3 is 5.97 Å². The van der Waals surface area contributed by atoms with Crippen LogP contribution >= 0.6 is 0 Å². The summed E-state index contributed by atoms with van der Waals surface area (Å²) in [5, 5.41) is 0. The van der Waals surface area contributed by atoms with Gasteiger partial charge < -0.3 is 9.47 Å². The van der Waals surface area contributed by atoms with Crippen LogP contribution in [0.5, 0.6) is 5.75 Å². The molecule has 0 bridgehead atoms. The zero-order chi connectivity index (χ0) is 17.1. The number of cyclic esters (lactones) is 1. The van der Waals surface area contributed by atoms with Gasteiger partial charge in [-0.1, -0.05) is 29.8 Å². The van der Waals surface area contributed by atoms with Crippen LogP contribution < -0.4 is 4.74 Å². The Hall–Kier alpha value is -2.88. The van der Waals surface area contributed by atoms with E-state index >= 15 is 0 Å². The van der Waals surface area contributed by atoms with Crippen molar-refractivity contribution in [3.63, 3.8) is 0 Å². The third-order valence-corrected chi connectivity index (χ3v) is 3.47. The Morgan fingerprint density at radius 2 is 1.71 bits per heavy atom. The molecule has 122 valence electrons. The predicted octanol–water partition coefficient (Wildman–Crippen LogP) is 4.13. The van der Waals surface area contributed by atoms with Crippen LogP contribution in [0.25, 0.3) is 6.08 Å². The topological polar surface area (TPSA) is 47.9 Å². The maximum Gasteiger partial charge on any atom is 0.363 e. The number of aliphatic imine (C=N–C) groups is 1. The molecular weight excluding hydrogens is 302 g/mol. The van der Waals surface area contributed by atoms with Crippen molar-refractivity contribution in [2.24, 2.45) is 4.99 Å². The number of aryl methyl sites for hydroxylation is 1. The molecule has 1 aliphatic heterocycles. The highest BCUT2D eigenvalue weighted by Gasteiger charge is 2.23. The summed E-state index contributed by atoms with van der Waals surface area (Å²) in [7, 11) is 0. The summed E-state index contributed by atoms with van der Waals surface area (Å²) in [4.78, 5) is 16.3. The van der Waals surface area contributed by atoms with Crippen LogP contribution in [0.4, 0.5) is 0 Å². The molecule has 2 aromatic carbocycles. The van der Waals surface area contributed by atoms with Crippen LogP contribution in [-0.4, -0.2) is 18.0 Å². The van der Waals surface area contributed by atoms with Gasteiger partial charge in [-0.3, -0.25) is 0 Å². The normalized spacial score (nSPS) is 15.6. The van der Waals surface area contributed by atoms with E-state index < -0.39 is 5.97 Å². The van der Waals surface area contributed by atoms with Crippen molar-refractivity contribution in [3.8, 4) is 5.75 Å². The van der Waals surface area contributed by atoms with Crippen LogP contribution in [0, 0.1) is 6.92 Å². The molecule has 0 saturated carbocycles. The summed E-state index contributed by atoms with van der Waals surface area (Å²) in [6, 6.07) is 15.2. The summed E-state index contributed by atoms with van der Waals surface area (Å²) in [6.45, 7) is 5.96. The molecule has 0 fully saturated rings. The van der Waals surface area contributed by atoms with E-state index in [-0.39, 0.29) is 6.10 Å². The lowest BCUT2D eigenvalue weighted by atomic mass is 10.1. The van der Waals surface area contributed by atoms with E-state index in [2.05, 4.69) is 4.99 Å². The molecule has 0 N–H and O–H groups in total. The Bertz CT molecular complexity index is 800. The predicted molar refractivity (Wildman–Crippen MR) is 94.0 cm³/mol. The minimum atomic E-state index is -0.437. The number of nitrogens with zero attached hydrogens (tertiary/aromatic N) is 1. The average Bonchev–Trinajstić information content (AvgIpc) is 2.90. The largest absolute Gasteiger partial charge is 0.491 e. The molecule has 24 heavy (non-hydrogen) atoms. The molecule has 0 radical (unpaired) electrons. The van der Waals surface area contributed by atoms with Gasteiger partial charge in [-0.2, -0.15) is 0 Å². The SMILES string of the molecule is Cc1ccc(C2=N/C(=C\c3ccc(OC(C)C)cc3)C(=O)O2)cc1. The maximum atomic E-state index is 12.0. The monoisotopic (exact) mass is 321 g/mol. The quantitative estimate of drug-likeness (QED) is 0.628. The van der Waals surface area contributed by atoms with Crippen molar-refractivity contribution < 1.29 is 14.3 Å². The number of rotatable bonds is 4. The van der Waals surface area contributed by atoms with E-state index in [9.17, 15) is 4.79 Å². The second-order valence-electron chi connectivity index (χ2n) is 5.94. The van der Waals surface area contributed by atoms with Crippen LogP contribution in [-0.2, 0) is 9.53 Å². The lowest BCUT2D eigenvalue weighted by molar-refractivity contribution is -0.129. The molecule has 0 spiro atoms. The fourth-order valence-electron chi connectivity index (χ4n) is 2.30. The summed E-state index contributed by atoms with van der Waals surface area (Å²) in [5.74, 6) is 0.698.